The van der Waals surface area contributed by atoms with Crippen molar-refractivity contribution in [3.05, 3.63) is 46.9 Å². The topological polar surface area (TPSA) is 73.7 Å². The lowest BCUT2D eigenvalue weighted by molar-refractivity contribution is 0.0942. The maximum Gasteiger partial charge on any atom is 0.244 e. The minimum atomic E-state index is -3.47. The average molecular weight is 353 g/mol. The first-order valence-electron chi connectivity index (χ1n) is 7.41. The van der Waals surface area contributed by atoms with Gasteiger partial charge in [-0.15, -0.1) is 11.3 Å². The second-order valence-corrected chi connectivity index (χ2v) is 8.34. The molecule has 1 fully saturated rings. The highest BCUT2D eigenvalue weighted by Gasteiger charge is 2.29. The Balaban J connectivity index is 1.58. The first-order valence-corrected chi connectivity index (χ1v) is 9.73. The van der Waals surface area contributed by atoms with Crippen LogP contribution in [-0.4, -0.2) is 60.4 Å². The van der Waals surface area contributed by atoms with E-state index in [1.807, 2.05) is 17.5 Å². The number of nitrogens with zero attached hydrogens (tertiary/aromatic N) is 3. The van der Waals surface area contributed by atoms with Gasteiger partial charge < -0.3 is 5.11 Å². The highest BCUT2D eigenvalue weighted by atomic mass is 32.2. The summed E-state index contributed by atoms with van der Waals surface area (Å²) in [5.41, 5.74) is 0. The summed E-state index contributed by atoms with van der Waals surface area (Å²) in [7, 11) is -3.47. The number of piperazine rings is 1. The number of aromatic nitrogens is 1. The smallest absolute Gasteiger partial charge is 0.244 e. The highest BCUT2D eigenvalue weighted by molar-refractivity contribution is 7.89. The van der Waals surface area contributed by atoms with E-state index in [1.54, 1.807) is 18.3 Å². The first-order chi connectivity index (χ1) is 11.1. The molecule has 1 aliphatic rings. The number of thiophene rings is 1. The Labute approximate surface area is 140 Å². The number of hydrogen-bond donors (Lipinski definition) is 1. The molecule has 1 atom stereocenters. The standard InChI is InChI=1S/C15H19N3O3S2/c19-14(15-4-2-10-22-15)12-17-6-8-18(9-7-17)23(20,21)13-3-1-5-16-11-13/h1-5,10-11,14,19H,6-9,12H2/t14-/m0/s1. The molecule has 3 heterocycles. The molecule has 0 unspecified atom stereocenters. The molecule has 2 aromatic rings. The lowest BCUT2D eigenvalue weighted by atomic mass is 10.2. The van der Waals surface area contributed by atoms with Gasteiger partial charge in [0.15, 0.2) is 0 Å². The molecule has 8 heteroatoms. The Morgan fingerprint density at radius 2 is 2.00 bits per heavy atom. The summed E-state index contributed by atoms with van der Waals surface area (Å²) < 4.78 is 26.5. The van der Waals surface area contributed by atoms with Crippen LogP contribution in [0.3, 0.4) is 0 Å². The van der Waals surface area contributed by atoms with Crippen LogP contribution in [-0.2, 0) is 10.0 Å². The van der Waals surface area contributed by atoms with Crippen molar-refractivity contribution >= 4 is 21.4 Å². The third-order valence-corrected chi connectivity index (χ3v) is 6.76. The fourth-order valence-corrected chi connectivity index (χ4v) is 4.71. The van der Waals surface area contributed by atoms with Gasteiger partial charge in [0.2, 0.25) is 10.0 Å². The van der Waals surface area contributed by atoms with Crippen LogP contribution < -0.4 is 0 Å². The summed E-state index contributed by atoms with van der Waals surface area (Å²) >= 11 is 1.53. The second-order valence-electron chi connectivity index (χ2n) is 5.42. The van der Waals surface area contributed by atoms with Gasteiger partial charge >= 0.3 is 0 Å². The van der Waals surface area contributed by atoms with Crippen molar-refractivity contribution in [3.8, 4) is 0 Å². The van der Waals surface area contributed by atoms with E-state index in [2.05, 4.69) is 9.88 Å². The summed E-state index contributed by atoms with van der Waals surface area (Å²) in [6.45, 7) is 2.61. The van der Waals surface area contributed by atoms with Crippen molar-refractivity contribution in [3.63, 3.8) is 0 Å². The molecule has 0 amide bonds. The highest BCUT2D eigenvalue weighted by Crippen LogP contribution is 2.21. The predicted octanol–water partition coefficient (Wildman–Crippen LogP) is 1.18. The molecular formula is C15H19N3O3S2. The predicted molar refractivity (Wildman–Crippen MR) is 88.7 cm³/mol. The Morgan fingerprint density at radius 1 is 1.22 bits per heavy atom. The van der Waals surface area contributed by atoms with Gasteiger partial charge in [0.1, 0.15) is 11.0 Å². The van der Waals surface area contributed by atoms with Crippen molar-refractivity contribution < 1.29 is 13.5 Å². The van der Waals surface area contributed by atoms with Crippen LogP contribution in [0.2, 0.25) is 0 Å². The normalized spacial score (nSPS) is 18.8. The van der Waals surface area contributed by atoms with Crippen molar-refractivity contribution in [1.29, 1.82) is 0 Å². The Hall–Kier alpha value is -1.32. The zero-order chi connectivity index (χ0) is 16.3. The molecule has 1 saturated heterocycles. The zero-order valence-electron chi connectivity index (χ0n) is 12.6. The van der Waals surface area contributed by atoms with Crippen molar-refractivity contribution in [2.75, 3.05) is 32.7 Å². The zero-order valence-corrected chi connectivity index (χ0v) is 14.2. The maximum atomic E-state index is 12.5. The first kappa shape index (κ1) is 16.5. The second kappa shape index (κ2) is 7.06. The molecule has 124 valence electrons. The molecule has 23 heavy (non-hydrogen) atoms. The van der Waals surface area contributed by atoms with Crippen LogP contribution in [0.25, 0.3) is 0 Å². The third-order valence-electron chi connectivity index (χ3n) is 3.91. The Bertz CT molecular complexity index is 712. The summed E-state index contributed by atoms with van der Waals surface area (Å²) in [6.07, 6.45) is 2.42. The monoisotopic (exact) mass is 353 g/mol. The van der Waals surface area contributed by atoms with Crippen LogP contribution in [0.4, 0.5) is 0 Å². The lowest BCUT2D eigenvalue weighted by Gasteiger charge is -2.34. The third kappa shape index (κ3) is 3.78. The molecule has 0 aliphatic carbocycles. The van der Waals surface area contributed by atoms with Gasteiger partial charge in [-0.2, -0.15) is 4.31 Å². The van der Waals surface area contributed by atoms with Gasteiger partial charge in [-0.25, -0.2) is 8.42 Å². The van der Waals surface area contributed by atoms with Crippen LogP contribution in [0.5, 0.6) is 0 Å². The molecule has 6 nitrogen and oxygen atoms in total. The summed E-state index contributed by atoms with van der Waals surface area (Å²) in [5, 5.41) is 12.1. The van der Waals surface area contributed by atoms with E-state index in [1.165, 1.54) is 21.8 Å². The van der Waals surface area contributed by atoms with E-state index < -0.39 is 16.1 Å². The molecule has 0 saturated carbocycles. The molecule has 0 aromatic carbocycles. The number of hydrogen-bond acceptors (Lipinski definition) is 6. The SMILES string of the molecule is O=S(=O)(c1cccnc1)N1CCN(C[C@H](O)c2cccs2)CC1. The number of aliphatic hydroxyl groups is 1. The van der Waals surface area contributed by atoms with Crippen molar-refractivity contribution in [2.24, 2.45) is 0 Å². The fraction of sp³-hybridized carbons (Fsp3) is 0.400. The molecule has 0 bridgehead atoms. The van der Waals surface area contributed by atoms with Gasteiger partial charge in [0.05, 0.1) is 0 Å². The quantitative estimate of drug-likeness (QED) is 0.874. The summed E-state index contributed by atoms with van der Waals surface area (Å²) in [6, 6.07) is 7.02. The van der Waals surface area contributed by atoms with Gasteiger partial charge in [-0.3, -0.25) is 9.88 Å². The number of pyridine rings is 1. The van der Waals surface area contributed by atoms with Crippen LogP contribution in [0.1, 0.15) is 11.0 Å². The average Bonchev–Trinajstić information content (AvgIpc) is 3.11. The van der Waals surface area contributed by atoms with E-state index >= 15 is 0 Å². The van der Waals surface area contributed by atoms with Gasteiger partial charge in [-0.05, 0) is 23.6 Å². The Kier molecular flexibility index (Phi) is 5.08. The molecule has 0 radical (unpaired) electrons. The van der Waals surface area contributed by atoms with E-state index in [4.69, 9.17) is 0 Å². The largest absolute Gasteiger partial charge is 0.386 e. The lowest BCUT2D eigenvalue weighted by Crippen LogP contribution is -2.49. The van der Waals surface area contributed by atoms with E-state index in [0.29, 0.717) is 32.7 Å². The molecule has 0 spiro atoms. The number of aliphatic hydroxyl groups excluding tert-OH is 1. The molecule has 1 aliphatic heterocycles. The number of sulfonamides is 1. The van der Waals surface area contributed by atoms with Crippen LogP contribution in [0.15, 0.2) is 46.9 Å². The molecule has 2 aromatic heterocycles. The maximum absolute atomic E-state index is 12.5. The fourth-order valence-electron chi connectivity index (χ4n) is 2.62. The van der Waals surface area contributed by atoms with Gasteiger partial charge in [-0.1, -0.05) is 6.07 Å². The van der Waals surface area contributed by atoms with E-state index in [9.17, 15) is 13.5 Å². The van der Waals surface area contributed by atoms with E-state index in [0.717, 1.165) is 4.88 Å². The van der Waals surface area contributed by atoms with Crippen molar-refractivity contribution in [1.82, 2.24) is 14.2 Å². The minimum absolute atomic E-state index is 0.229. The molecule has 3 rings (SSSR count). The van der Waals surface area contributed by atoms with Gasteiger partial charge in [0, 0.05) is 50.0 Å². The number of β-amino-alcohol motifs (C(OH)–C–C–N with tert-alkyl or cyclic N) is 1. The van der Waals surface area contributed by atoms with Crippen LogP contribution in [0, 0.1) is 0 Å². The number of rotatable bonds is 5. The Morgan fingerprint density at radius 3 is 2.61 bits per heavy atom. The summed E-state index contributed by atoms with van der Waals surface area (Å²) in [4.78, 5) is 7.15. The summed E-state index contributed by atoms with van der Waals surface area (Å²) in [5.74, 6) is 0. The minimum Gasteiger partial charge on any atom is -0.386 e. The van der Waals surface area contributed by atoms with Crippen LogP contribution >= 0.6 is 11.3 Å². The van der Waals surface area contributed by atoms with Crippen molar-refractivity contribution in [2.45, 2.75) is 11.0 Å². The van der Waals surface area contributed by atoms with Gasteiger partial charge in [0.25, 0.3) is 0 Å². The molecular weight excluding hydrogens is 334 g/mol. The van der Waals surface area contributed by atoms with E-state index in [-0.39, 0.29) is 4.90 Å². The molecule has 1 N–H and O–H groups in total.